The topological polar surface area (TPSA) is 79.3 Å². The molecule has 4 aliphatic carbocycles. The summed E-state index contributed by atoms with van der Waals surface area (Å²) in [7, 11) is 1.93. The van der Waals surface area contributed by atoms with Gasteiger partial charge in [-0.25, -0.2) is 0 Å². The van der Waals surface area contributed by atoms with E-state index in [0.717, 1.165) is 38.2 Å². The van der Waals surface area contributed by atoms with Crippen LogP contribution in [0.15, 0.2) is 6.20 Å². The molecule has 1 aromatic rings. The molecule has 158 valence electrons. The quantitative estimate of drug-likeness (QED) is 0.814. The van der Waals surface area contributed by atoms with Gasteiger partial charge >= 0.3 is 0 Å². The SMILES string of the molecule is CC(=O)NC12CC3C[C@H](C1)C(NC(=O)c1cnn(C)c1N1CCCCC1)[C@@H](C3)C2. The number of nitrogens with one attached hydrogen (secondary N) is 2. The van der Waals surface area contributed by atoms with Crippen molar-refractivity contribution >= 4 is 17.6 Å². The Labute approximate surface area is 172 Å². The van der Waals surface area contributed by atoms with Gasteiger partial charge < -0.3 is 15.5 Å². The van der Waals surface area contributed by atoms with E-state index in [9.17, 15) is 9.59 Å². The summed E-state index contributed by atoms with van der Waals surface area (Å²) in [6.07, 6.45) is 10.8. The Morgan fingerprint density at radius 1 is 1.10 bits per heavy atom. The van der Waals surface area contributed by atoms with Crippen LogP contribution in [-0.2, 0) is 11.8 Å². The van der Waals surface area contributed by atoms with E-state index in [1.807, 2.05) is 11.7 Å². The van der Waals surface area contributed by atoms with Crippen molar-refractivity contribution in [3.8, 4) is 0 Å². The summed E-state index contributed by atoms with van der Waals surface area (Å²) in [5.74, 6) is 2.67. The van der Waals surface area contributed by atoms with Gasteiger partial charge in [-0.05, 0) is 69.1 Å². The molecular weight excluding hydrogens is 366 g/mol. The fourth-order valence-electron chi connectivity index (χ4n) is 7.09. The van der Waals surface area contributed by atoms with Crippen LogP contribution < -0.4 is 15.5 Å². The van der Waals surface area contributed by atoms with Crippen LogP contribution in [0.2, 0.25) is 0 Å². The van der Waals surface area contributed by atoms with E-state index in [0.29, 0.717) is 23.3 Å². The van der Waals surface area contributed by atoms with Crippen molar-refractivity contribution in [1.29, 1.82) is 0 Å². The van der Waals surface area contributed by atoms with E-state index in [-0.39, 0.29) is 23.4 Å². The van der Waals surface area contributed by atoms with E-state index in [1.54, 1.807) is 13.1 Å². The first-order valence-electron chi connectivity index (χ1n) is 11.3. The number of hydrogen-bond acceptors (Lipinski definition) is 4. The van der Waals surface area contributed by atoms with E-state index < -0.39 is 0 Å². The van der Waals surface area contributed by atoms with Crippen LogP contribution in [0.4, 0.5) is 5.82 Å². The zero-order valence-electron chi connectivity index (χ0n) is 17.6. The fourth-order valence-corrected chi connectivity index (χ4v) is 7.09. The lowest BCUT2D eigenvalue weighted by molar-refractivity contribution is -0.125. The highest BCUT2D eigenvalue weighted by atomic mass is 16.2. The molecule has 29 heavy (non-hydrogen) atoms. The molecule has 5 fully saturated rings. The Hall–Kier alpha value is -2.05. The third-order valence-corrected chi connectivity index (χ3v) is 7.82. The van der Waals surface area contributed by atoms with Gasteiger partial charge in [0.15, 0.2) is 0 Å². The van der Waals surface area contributed by atoms with Gasteiger partial charge in [0.2, 0.25) is 5.91 Å². The van der Waals surface area contributed by atoms with Crippen molar-refractivity contribution in [2.45, 2.75) is 69.9 Å². The summed E-state index contributed by atoms with van der Waals surface area (Å²) in [6.45, 7) is 3.62. The summed E-state index contributed by atoms with van der Waals surface area (Å²) in [4.78, 5) is 27.4. The number of carbonyl (C=O) groups excluding carboxylic acids is 2. The number of aryl methyl sites for hydroxylation is 1. The lowest BCUT2D eigenvalue weighted by Gasteiger charge is -2.60. The number of carbonyl (C=O) groups is 2. The molecule has 6 rings (SSSR count). The van der Waals surface area contributed by atoms with Crippen LogP contribution in [0.25, 0.3) is 0 Å². The Kier molecular flexibility index (Phi) is 4.59. The molecule has 5 aliphatic rings. The molecule has 0 radical (unpaired) electrons. The highest BCUT2D eigenvalue weighted by Crippen LogP contribution is 2.55. The minimum atomic E-state index is -0.0309. The maximum Gasteiger partial charge on any atom is 0.256 e. The van der Waals surface area contributed by atoms with E-state index in [2.05, 4.69) is 20.6 Å². The van der Waals surface area contributed by atoms with Crippen LogP contribution in [0.3, 0.4) is 0 Å². The maximum atomic E-state index is 13.3. The molecule has 2 heterocycles. The number of hydrogen-bond donors (Lipinski definition) is 2. The Morgan fingerprint density at radius 3 is 2.45 bits per heavy atom. The van der Waals surface area contributed by atoms with Gasteiger partial charge in [0.05, 0.1) is 6.20 Å². The molecule has 1 saturated heterocycles. The van der Waals surface area contributed by atoms with Crippen molar-refractivity contribution in [3.63, 3.8) is 0 Å². The van der Waals surface area contributed by atoms with Crippen molar-refractivity contribution in [3.05, 3.63) is 11.8 Å². The van der Waals surface area contributed by atoms with Crippen LogP contribution in [-0.4, -0.2) is 46.3 Å². The van der Waals surface area contributed by atoms with Gasteiger partial charge in [0, 0.05) is 38.6 Å². The lowest BCUT2D eigenvalue weighted by atomic mass is 9.51. The summed E-state index contributed by atoms with van der Waals surface area (Å²) in [5.41, 5.74) is 0.677. The highest BCUT2D eigenvalue weighted by Gasteiger charge is 2.56. The highest BCUT2D eigenvalue weighted by molar-refractivity contribution is 5.99. The smallest absolute Gasteiger partial charge is 0.256 e. The van der Waals surface area contributed by atoms with Crippen molar-refractivity contribution in [1.82, 2.24) is 20.4 Å². The number of nitrogens with zero attached hydrogens (tertiary/aromatic N) is 3. The molecule has 0 spiro atoms. The van der Waals surface area contributed by atoms with E-state index in [1.165, 1.54) is 32.1 Å². The molecule has 4 saturated carbocycles. The molecule has 7 nitrogen and oxygen atoms in total. The molecule has 1 aromatic heterocycles. The summed E-state index contributed by atoms with van der Waals surface area (Å²) >= 11 is 0. The second-order valence-electron chi connectivity index (χ2n) is 9.98. The first-order valence-corrected chi connectivity index (χ1v) is 11.3. The van der Waals surface area contributed by atoms with Crippen molar-refractivity contribution in [2.75, 3.05) is 18.0 Å². The second kappa shape index (κ2) is 7.03. The predicted molar refractivity (Wildman–Crippen MR) is 111 cm³/mol. The largest absolute Gasteiger partial charge is 0.356 e. The number of amides is 2. The number of aromatic nitrogens is 2. The van der Waals surface area contributed by atoms with Crippen LogP contribution in [0, 0.1) is 17.8 Å². The van der Waals surface area contributed by atoms with Crippen molar-refractivity contribution < 1.29 is 9.59 Å². The number of piperidine rings is 1. The molecule has 4 bridgehead atoms. The summed E-state index contributed by atoms with van der Waals surface area (Å²) < 4.78 is 1.85. The van der Waals surface area contributed by atoms with Gasteiger partial charge in [-0.3, -0.25) is 14.3 Å². The van der Waals surface area contributed by atoms with E-state index in [4.69, 9.17) is 0 Å². The van der Waals surface area contributed by atoms with Gasteiger partial charge in [-0.15, -0.1) is 0 Å². The maximum absolute atomic E-state index is 13.3. The monoisotopic (exact) mass is 399 g/mol. The molecule has 0 aromatic carbocycles. The van der Waals surface area contributed by atoms with Crippen molar-refractivity contribution in [2.24, 2.45) is 24.8 Å². The van der Waals surface area contributed by atoms with Gasteiger partial charge in [0.25, 0.3) is 5.91 Å². The summed E-state index contributed by atoms with van der Waals surface area (Å²) in [6, 6.07) is 0.218. The molecule has 5 atom stereocenters. The molecule has 1 aliphatic heterocycles. The lowest BCUT2D eigenvalue weighted by Crippen LogP contribution is -2.66. The zero-order chi connectivity index (χ0) is 20.2. The predicted octanol–water partition coefficient (Wildman–Crippen LogP) is 2.22. The Balaban J connectivity index is 1.33. The molecule has 2 N–H and O–H groups in total. The van der Waals surface area contributed by atoms with Crippen LogP contribution in [0.1, 0.15) is 68.6 Å². The Morgan fingerprint density at radius 2 is 1.79 bits per heavy atom. The average Bonchev–Trinajstić information content (AvgIpc) is 3.05. The molecule has 7 heteroatoms. The minimum Gasteiger partial charge on any atom is -0.356 e. The van der Waals surface area contributed by atoms with Crippen LogP contribution >= 0.6 is 0 Å². The van der Waals surface area contributed by atoms with E-state index >= 15 is 0 Å². The normalized spacial score (nSPS) is 35.6. The third kappa shape index (κ3) is 3.32. The number of anilines is 1. The minimum absolute atomic E-state index is 0.0183. The third-order valence-electron chi connectivity index (χ3n) is 7.82. The van der Waals surface area contributed by atoms with Crippen LogP contribution in [0.5, 0.6) is 0 Å². The fraction of sp³-hybridized carbons (Fsp3) is 0.773. The standard InChI is InChI=1S/C22H33N5O2/c1-14(28)25-22-10-15-8-16(11-22)19(17(9-15)12-22)24-20(29)18-13-23-26(2)21(18)27-6-4-3-5-7-27/h13,15-17,19H,3-12H2,1-2H3,(H,24,29)(H,25,28)/t15?,16-,17+,19?,22?. The second-order valence-corrected chi connectivity index (χ2v) is 9.98. The molecular formula is C22H33N5O2. The number of rotatable bonds is 4. The first kappa shape index (κ1) is 18.9. The molecule has 2 amide bonds. The molecule has 3 unspecified atom stereocenters. The Bertz CT molecular complexity index is 796. The van der Waals surface area contributed by atoms with Gasteiger partial charge in [0.1, 0.15) is 11.4 Å². The van der Waals surface area contributed by atoms with Gasteiger partial charge in [-0.1, -0.05) is 0 Å². The first-order chi connectivity index (χ1) is 13.9. The average molecular weight is 400 g/mol. The zero-order valence-corrected chi connectivity index (χ0v) is 17.6. The van der Waals surface area contributed by atoms with Gasteiger partial charge in [-0.2, -0.15) is 5.10 Å². The summed E-state index contributed by atoms with van der Waals surface area (Å²) in [5, 5.41) is 11.1.